The monoisotopic (exact) mass is 329 g/mol. The van der Waals surface area contributed by atoms with E-state index in [1.54, 1.807) is 7.11 Å². The molecule has 2 rings (SSSR count). The van der Waals surface area contributed by atoms with Crippen molar-refractivity contribution >= 4 is 6.09 Å². The molecule has 2 aromatic rings. The van der Waals surface area contributed by atoms with Gasteiger partial charge in [0.25, 0.3) is 0 Å². The summed E-state index contributed by atoms with van der Waals surface area (Å²) in [6.07, 6.45) is -1.04. The van der Waals surface area contributed by atoms with Crippen LogP contribution in [0.2, 0.25) is 0 Å². The number of amides is 1. The summed E-state index contributed by atoms with van der Waals surface area (Å²) in [4.78, 5) is 11.0. The van der Waals surface area contributed by atoms with Crippen LogP contribution in [-0.2, 0) is 10.3 Å². The van der Waals surface area contributed by atoms with E-state index in [-0.39, 0.29) is 0 Å². The molecule has 128 valence electrons. The Kier molecular flexibility index (Phi) is 5.82. The van der Waals surface area contributed by atoms with Gasteiger partial charge >= 0.3 is 6.09 Å². The summed E-state index contributed by atoms with van der Waals surface area (Å²) < 4.78 is 10.5. The van der Waals surface area contributed by atoms with Gasteiger partial charge in [0.05, 0.1) is 12.1 Å². The molecule has 0 saturated heterocycles. The minimum absolute atomic E-state index is 0.514. The standard InChI is InChI=1S/C19H23NO4/c1-19(2,20-18(21)22)16-6-4-5-15(13-16)14-7-9-17(10-8-14)24-12-11-23-3/h4-10,13,20H,11-12H2,1-3H3,(H,21,22). The number of benzene rings is 2. The van der Waals surface area contributed by atoms with Crippen molar-refractivity contribution < 1.29 is 19.4 Å². The first-order valence-electron chi connectivity index (χ1n) is 7.76. The predicted molar refractivity (Wildman–Crippen MR) is 93.4 cm³/mol. The molecule has 0 aliphatic rings. The molecule has 0 aliphatic carbocycles. The first kappa shape index (κ1) is 17.8. The zero-order chi connectivity index (χ0) is 17.6. The number of ether oxygens (including phenoxy) is 2. The summed E-state index contributed by atoms with van der Waals surface area (Å²) in [7, 11) is 1.64. The molecular formula is C19H23NO4. The molecule has 0 radical (unpaired) electrons. The van der Waals surface area contributed by atoms with Gasteiger partial charge in [0.1, 0.15) is 12.4 Å². The zero-order valence-corrected chi connectivity index (χ0v) is 14.2. The van der Waals surface area contributed by atoms with Gasteiger partial charge in [-0.15, -0.1) is 0 Å². The molecule has 0 aliphatic heterocycles. The van der Waals surface area contributed by atoms with Crippen LogP contribution in [0.15, 0.2) is 48.5 Å². The molecular weight excluding hydrogens is 306 g/mol. The smallest absolute Gasteiger partial charge is 0.405 e. The highest BCUT2D eigenvalue weighted by Gasteiger charge is 2.22. The minimum atomic E-state index is -1.04. The molecule has 1 amide bonds. The quantitative estimate of drug-likeness (QED) is 0.757. The molecule has 0 saturated carbocycles. The highest BCUT2D eigenvalue weighted by molar-refractivity contribution is 5.68. The van der Waals surface area contributed by atoms with Gasteiger partial charge < -0.3 is 19.9 Å². The third-order valence-corrected chi connectivity index (χ3v) is 3.75. The highest BCUT2D eigenvalue weighted by Crippen LogP contribution is 2.27. The normalized spacial score (nSPS) is 11.1. The van der Waals surface area contributed by atoms with Crippen LogP contribution in [0.25, 0.3) is 11.1 Å². The van der Waals surface area contributed by atoms with Gasteiger partial charge in [0.15, 0.2) is 0 Å². The molecule has 0 fully saturated rings. The topological polar surface area (TPSA) is 67.8 Å². The maximum Gasteiger partial charge on any atom is 0.405 e. The maximum absolute atomic E-state index is 11.0. The molecule has 2 N–H and O–H groups in total. The van der Waals surface area contributed by atoms with E-state index in [2.05, 4.69) is 5.32 Å². The van der Waals surface area contributed by atoms with Gasteiger partial charge in [-0.1, -0.05) is 30.3 Å². The first-order valence-corrected chi connectivity index (χ1v) is 7.76. The second-order valence-electron chi connectivity index (χ2n) is 6.00. The fraction of sp³-hybridized carbons (Fsp3) is 0.316. The van der Waals surface area contributed by atoms with E-state index in [9.17, 15) is 4.79 Å². The first-order chi connectivity index (χ1) is 11.4. The van der Waals surface area contributed by atoms with Gasteiger partial charge in [0.2, 0.25) is 0 Å². The average molecular weight is 329 g/mol. The van der Waals surface area contributed by atoms with Crippen molar-refractivity contribution in [2.24, 2.45) is 0 Å². The van der Waals surface area contributed by atoms with Crippen molar-refractivity contribution in [2.45, 2.75) is 19.4 Å². The Balaban J connectivity index is 2.17. The van der Waals surface area contributed by atoms with E-state index >= 15 is 0 Å². The maximum atomic E-state index is 11.0. The van der Waals surface area contributed by atoms with Crippen molar-refractivity contribution in [1.29, 1.82) is 0 Å². The predicted octanol–water partition coefficient (Wildman–Crippen LogP) is 3.88. The Morgan fingerprint density at radius 3 is 2.42 bits per heavy atom. The molecule has 0 atom stereocenters. The van der Waals surface area contributed by atoms with Crippen molar-refractivity contribution in [3.63, 3.8) is 0 Å². The lowest BCUT2D eigenvalue weighted by molar-refractivity contribution is 0.146. The molecule has 24 heavy (non-hydrogen) atoms. The molecule has 0 aromatic heterocycles. The zero-order valence-electron chi connectivity index (χ0n) is 14.2. The molecule has 0 spiro atoms. The number of hydrogen-bond donors (Lipinski definition) is 2. The van der Waals surface area contributed by atoms with E-state index in [1.165, 1.54) is 0 Å². The molecule has 2 aromatic carbocycles. The molecule has 0 unspecified atom stereocenters. The summed E-state index contributed by atoms with van der Waals surface area (Å²) in [5.74, 6) is 0.792. The lowest BCUT2D eigenvalue weighted by atomic mass is 9.91. The molecule has 0 heterocycles. The lowest BCUT2D eigenvalue weighted by Crippen LogP contribution is -2.40. The number of hydrogen-bond acceptors (Lipinski definition) is 3. The van der Waals surface area contributed by atoms with E-state index in [0.29, 0.717) is 13.2 Å². The fourth-order valence-electron chi connectivity index (χ4n) is 2.41. The van der Waals surface area contributed by atoms with Crippen LogP contribution in [-0.4, -0.2) is 31.5 Å². The molecule has 5 heteroatoms. The van der Waals surface area contributed by atoms with Crippen LogP contribution in [0, 0.1) is 0 Å². The lowest BCUT2D eigenvalue weighted by Gasteiger charge is -2.25. The number of carboxylic acid groups (broad SMARTS) is 1. The van der Waals surface area contributed by atoms with E-state index < -0.39 is 11.6 Å². The van der Waals surface area contributed by atoms with Crippen molar-refractivity contribution in [2.75, 3.05) is 20.3 Å². The van der Waals surface area contributed by atoms with Gasteiger partial charge in [-0.25, -0.2) is 4.79 Å². The Morgan fingerprint density at radius 2 is 1.79 bits per heavy atom. The summed E-state index contributed by atoms with van der Waals surface area (Å²) in [6, 6.07) is 15.6. The Labute approximate surface area is 142 Å². The summed E-state index contributed by atoms with van der Waals surface area (Å²) in [5.41, 5.74) is 2.31. The summed E-state index contributed by atoms with van der Waals surface area (Å²) >= 11 is 0. The van der Waals surface area contributed by atoms with Gasteiger partial charge in [-0.05, 0) is 48.7 Å². The third kappa shape index (κ3) is 4.73. The highest BCUT2D eigenvalue weighted by atomic mass is 16.5. The van der Waals surface area contributed by atoms with Crippen molar-refractivity contribution in [3.8, 4) is 16.9 Å². The average Bonchev–Trinajstić information content (AvgIpc) is 2.55. The fourth-order valence-corrected chi connectivity index (χ4v) is 2.41. The van der Waals surface area contributed by atoms with Crippen LogP contribution in [0.4, 0.5) is 4.79 Å². The van der Waals surface area contributed by atoms with Crippen molar-refractivity contribution in [1.82, 2.24) is 5.32 Å². The second kappa shape index (κ2) is 7.84. The number of carbonyl (C=O) groups is 1. The second-order valence-corrected chi connectivity index (χ2v) is 6.00. The summed E-state index contributed by atoms with van der Waals surface area (Å²) in [6.45, 7) is 4.75. The minimum Gasteiger partial charge on any atom is -0.491 e. The van der Waals surface area contributed by atoms with E-state index in [0.717, 1.165) is 22.4 Å². The Bertz CT molecular complexity index is 680. The third-order valence-electron chi connectivity index (χ3n) is 3.75. The SMILES string of the molecule is COCCOc1ccc(-c2cccc(C(C)(C)NC(=O)O)c2)cc1. The largest absolute Gasteiger partial charge is 0.491 e. The van der Waals surface area contributed by atoms with Crippen LogP contribution < -0.4 is 10.1 Å². The molecule has 5 nitrogen and oxygen atoms in total. The summed E-state index contributed by atoms with van der Waals surface area (Å²) in [5, 5.41) is 11.5. The number of nitrogens with one attached hydrogen (secondary N) is 1. The van der Waals surface area contributed by atoms with Crippen LogP contribution >= 0.6 is 0 Å². The van der Waals surface area contributed by atoms with E-state index in [4.69, 9.17) is 14.6 Å². The Morgan fingerprint density at radius 1 is 1.08 bits per heavy atom. The molecule has 0 bridgehead atoms. The van der Waals surface area contributed by atoms with Crippen molar-refractivity contribution in [3.05, 3.63) is 54.1 Å². The van der Waals surface area contributed by atoms with E-state index in [1.807, 2.05) is 62.4 Å². The number of rotatable bonds is 7. The van der Waals surface area contributed by atoms with Crippen LogP contribution in [0.1, 0.15) is 19.4 Å². The van der Waals surface area contributed by atoms with Crippen LogP contribution in [0.3, 0.4) is 0 Å². The van der Waals surface area contributed by atoms with Gasteiger partial charge in [0, 0.05) is 7.11 Å². The number of methoxy groups -OCH3 is 1. The van der Waals surface area contributed by atoms with Gasteiger partial charge in [-0.3, -0.25) is 0 Å². The van der Waals surface area contributed by atoms with Crippen LogP contribution in [0.5, 0.6) is 5.75 Å². The Hall–Kier alpha value is -2.53. The van der Waals surface area contributed by atoms with Gasteiger partial charge in [-0.2, -0.15) is 0 Å².